The number of carbonyl (C=O) groups excluding carboxylic acids is 1. The smallest absolute Gasteiger partial charge is 0.327 e. The van der Waals surface area contributed by atoms with E-state index in [0.717, 1.165) is 0 Å². The van der Waals surface area contributed by atoms with Crippen LogP contribution in [0.25, 0.3) is 0 Å². The summed E-state index contributed by atoms with van der Waals surface area (Å²) in [4.78, 5) is 11.3. The Hall–Kier alpha value is -1.52. The van der Waals surface area contributed by atoms with Gasteiger partial charge < -0.3 is 10.5 Å². The Morgan fingerprint density at radius 2 is 2.47 bits per heavy atom. The first-order valence-corrected chi connectivity index (χ1v) is 5.17. The van der Waals surface area contributed by atoms with E-state index >= 15 is 0 Å². The van der Waals surface area contributed by atoms with E-state index in [2.05, 4.69) is 5.10 Å². The second-order valence-electron chi connectivity index (χ2n) is 3.95. The summed E-state index contributed by atoms with van der Waals surface area (Å²) in [6.07, 6.45) is 6.76. The number of nitrogens with zero attached hydrogens (tertiary/aromatic N) is 2. The van der Waals surface area contributed by atoms with Crippen molar-refractivity contribution in [3.05, 3.63) is 12.4 Å². The third kappa shape index (κ3) is 2.71. The largest absolute Gasteiger partial charge is 0.464 e. The highest BCUT2D eigenvalue weighted by Crippen LogP contribution is 2.26. The normalized spacial score (nSPS) is 16.0. The van der Waals surface area contributed by atoms with Gasteiger partial charge in [0.1, 0.15) is 6.54 Å². The van der Waals surface area contributed by atoms with Crippen LogP contribution in [-0.2, 0) is 16.1 Å². The molecule has 0 aliphatic heterocycles. The van der Waals surface area contributed by atoms with Gasteiger partial charge in [0.05, 0.1) is 18.5 Å². The molecule has 0 bridgehead atoms. The summed E-state index contributed by atoms with van der Waals surface area (Å²) in [5.74, 6) is 0.335. The third-order valence-corrected chi connectivity index (χ3v) is 2.65. The number of anilines is 1. The molecular weight excluding hydrogens is 194 g/mol. The first-order chi connectivity index (χ1) is 7.24. The van der Waals surface area contributed by atoms with Crippen molar-refractivity contribution in [1.82, 2.24) is 9.78 Å². The molecule has 82 valence electrons. The van der Waals surface area contributed by atoms with Crippen molar-refractivity contribution in [2.45, 2.75) is 25.8 Å². The van der Waals surface area contributed by atoms with E-state index in [4.69, 9.17) is 10.5 Å². The van der Waals surface area contributed by atoms with Crippen molar-refractivity contribution in [2.24, 2.45) is 5.92 Å². The van der Waals surface area contributed by atoms with Gasteiger partial charge in [0.2, 0.25) is 0 Å². The maximum absolute atomic E-state index is 11.3. The molecule has 0 unspecified atom stereocenters. The quantitative estimate of drug-likeness (QED) is 0.745. The lowest BCUT2D eigenvalue weighted by molar-refractivity contribution is -0.146. The maximum atomic E-state index is 11.3. The summed E-state index contributed by atoms with van der Waals surface area (Å²) >= 11 is 0. The zero-order valence-electron chi connectivity index (χ0n) is 8.56. The number of rotatable bonds is 4. The molecule has 2 N–H and O–H groups in total. The molecule has 1 heterocycles. The molecule has 0 radical (unpaired) electrons. The van der Waals surface area contributed by atoms with Crippen LogP contribution in [0.2, 0.25) is 0 Å². The van der Waals surface area contributed by atoms with E-state index in [1.165, 1.54) is 30.1 Å². The molecule has 0 aromatic carbocycles. The van der Waals surface area contributed by atoms with Gasteiger partial charge in [-0.25, -0.2) is 0 Å². The van der Waals surface area contributed by atoms with Gasteiger partial charge in [0.15, 0.2) is 0 Å². The number of hydrogen-bond acceptors (Lipinski definition) is 4. The Morgan fingerprint density at radius 1 is 1.67 bits per heavy atom. The number of esters is 1. The van der Waals surface area contributed by atoms with Crippen LogP contribution in [0.4, 0.5) is 5.69 Å². The number of hydrogen-bond donors (Lipinski definition) is 1. The lowest BCUT2D eigenvalue weighted by Crippen LogP contribution is -2.22. The van der Waals surface area contributed by atoms with Gasteiger partial charge in [0, 0.05) is 6.20 Å². The first kappa shape index (κ1) is 10.0. The van der Waals surface area contributed by atoms with Gasteiger partial charge in [-0.2, -0.15) is 5.10 Å². The molecule has 5 nitrogen and oxygen atoms in total. The van der Waals surface area contributed by atoms with Crippen LogP contribution in [0.5, 0.6) is 0 Å². The fourth-order valence-electron chi connectivity index (χ4n) is 1.51. The third-order valence-electron chi connectivity index (χ3n) is 2.65. The predicted molar refractivity (Wildman–Crippen MR) is 54.9 cm³/mol. The van der Waals surface area contributed by atoms with Crippen LogP contribution in [0, 0.1) is 5.92 Å². The van der Waals surface area contributed by atoms with Crippen LogP contribution >= 0.6 is 0 Å². The van der Waals surface area contributed by atoms with Crippen LogP contribution in [-0.4, -0.2) is 22.4 Å². The molecule has 0 spiro atoms. The summed E-state index contributed by atoms with van der Waals surface area (Å²) in [5, 5.41) is 3.91. The van der Waals surface area contributed by atoms with Crippen molar-refractivity contribution in [1.29, 1.82) is 0 Å². The second-order valence-corrected chi connectivity index (χ2v) is 3.95. The van der Waals surface area contributed by atoms with Gasteiger partial charge in [-0.15, -0.1) is 0 Å². The molecule has 1 fully saturated rings. The van der Waals surface area contributed by atoms with Crippen molar-refractivity contribution >= 4 is 11.7 Å². The van der Waals surface area contributed by atoms with Gasteiger partial charge >= 0.3 is 5.97 Å². The average molecular weight is 209 g/mol. The summed E-state index contributed by atoms with van der Waals surface area (Å²) in [6.45, 7) is 0.694. The SMILES string of the molecule is Nc1cnn(CC(=O)OCC2CCC2)c1. The van der Waals surface area contributed by atoms with Crippen LogP contribution in [0.15, 0.2) is 12.4 Å². The Balaban J connectivity index is 1.71. The topological polar surface area (TPSA) is 70.1 Å². The summed E-state index contributed by atoms with van der Waals surface area (Å²) in [6, 6.07) is 0. The Kier molecular flexibility index (Phi) is 2.89. The Morgan fingerprint density at radius 3 is 3.00 bits per heavy atom. The minimum atomic E-state index is -0.245. The fraction of sp³-hybridized carbons (Fsp3) is 0.600. The Labute approximate surface area is 88.2 Å². The van der Waals surface area contributed by atoms with E-state index in [0.29, 0.717) is 18.2 Å². The molecule has 1 aliphatic carbocycles. The lowest BCUT2D eigenvalue weighted by atomic mass is 9.86. The van der Waals surface area contributed by atoms with Crippen molar-refractivity contribution in [3.63, 3.8) is 0 Å². The zero-order chi connectivity index (χ0) is 10.7. The summed E-state index contributed by atoms with van der Waals surface area (Å²) < 4.78 is 6.60. The van der Waals surface area contributed by atoms with E-state index in [1.54, 1.807) is 6.20 Å². The van der Waals surface area contributed by atoms with E-state index in [9.17, 15) is 4.79 Å². The number of ether oxygens (including phenoxy) is 1. The zero-order valence-corrected chi connectivity index (χ0v) is 8.56. The summed E-state index contributed by atoms with van der Waals surface area (Å²) in [5.41, 5.74) is 6.03. The van der Waals surface area contributed by atoms with E-state index in [-0.39, 0.29) is 12.5 Å². The monoisotopic (exact) mass is 209 g/mol. The van der Waals surface area contributed by atoms with Crippen LogP contribution in [0.3, 0.4) is 0 Å². The second kappa shape index (κ2) is 4.33. The summed E-state index contributed by atoms with van der Waals surface area (Å²) in [7, 11) is 0. The molecule has 1 aromatic heterocycles. The van der Waals surface area contributed by atoms with Gasteiger partial charge in [-0.05, 0) is 18.8 Å². The average Bonchev–Trinajstić information content (AvgIpc) is 2.48. The molecule has 2 rings (SSSR count). The molecule has 15 heavy (non-hydrogen) atoms. The van der Waals surface area contributed by atoms with E-state index < -0.39 is 0 Å². The van der Waals surface area contributed by atoms with Gasteiger partial charge in [-0.3, -0.25) is 9.48 Å². The van der Waals surface area contributed by atoms with Crippen LogP contribution in [0.1, 0.15) is 19.3 Å². The molecule has 1 saturated carbocycles. The maximum Gasteiger partial charge on any atom is 0.327 e. The minimum absolute atomic E-state index is 0.143. The van der Waals surface area contributed by atoms with Gasteiger partial charge in [0.25, 0.3) is 0 Å². The number of carbonyl (C=O) groups is 1. The highest BCUT2D eigenvalue weighted by atomic mass is 16.5. The molecule has 0 atom stereocenters. The molecule has 1 aliphatic rings. The van der Waals surface area contributed by atoms with Crippen molar-refractivity contribution < 1.29 is 9.53 Å². The number of nitrogens with two attached hydrogens (primary N) is 1. The van der Waals surface area contributed by atoms with Gasteiger partial charge in [-0.1, -0.05) is 6.42 Å². The van der Waals surface area contributed by atoms with Crippen molar-refractivity contribution in [2.75, 3.05) is 12.3 Å². The Bertz CT molecular complexity index is 344. The van der Waals surface area contributed by atoms with Crippen LogP contribution < -0.4 is 5.73 Å². The lowest BCUT2D eigenvalue weighted by Gasteiger charge is -2.24. The molecular formula is C10H15N3O2. The molecule has 5 heteroatoms. The van der Waals surface area contributed by atoms with Crippen molar-refractivity contribution in [3.8, 4) is 0 Å². The highest BCUT2D eigenvalue weighted by Gasteiger charge is 2.19. The van der Waals surface area contributed by atoms with E-state index in [1.807, 2.05) is 0 Å². The molecule has 0 saturated heterocycles. The molecule has 1 aromatic rings. The highest BCUT2D eigenvalue weighted by molar-refractivity contribution is 5.69. The molecule has 0 amide bonds. The number of aromatic nitrogens is 2. The fourth-order valence-corrected chi connectivity index (χ4v) is 1.51. The predicted octanol–water partition coefficient (Wildman–Crippen LogP) is 0.809. The standard InChI is InChI=1S/C10H15N3O2/c11-9-4-12-13(5-9)6-10(14)15-7-8-2-1-3-8/h4-5,8H,1-3,6-7,11H2. The number of nitrogen functional groups attached to an aromatic ring is 1. The minimum Gasteiger partial charge on any atom is -0.464 e. The first-order valence-electron chi connectivity index (χ1n) is 5.17.